The number of hydrogen-bond donors (Lipinski definition) is 0. The third-order valence-electron chi connectivity index (χ3n) is 26.2. The van der Waals surface area contributed by atoms with Gasteiger partial charge in [-0.15, -0.1) is 22.7 Å². The van der Waals surface area contributed by atoms with Gasteiger partial charge in [-0.05, 0) is 148 Å². The largest absolute Gasteiger partial charge is 0.456 e. The molecule has 27 aromatic rings. The first-order valence-electron chi connectivity index (χ1n) is 47.1. The molecule has 0 radical (unpaired) electrons. The maximum absolute atomic E-state index is 6.34. The van der Waals surface area contributed by atoms with Crippen molar-refractivity contribution < 1.29 is 4.42 Å². The molecule has 0 amide bonds. The Hall–Kier alpha value is -18.3. The zero-order valence-corrected chi connectivity index (χ0v) is 77.6. The summed E-state index contributed by atoms with van der Waals surface area (Å²) in [6.07, 6.45) is 0. The quantitative estimate of drug-likeness (QED) is 0.0978. The highest BCUT2D eigenvalue weighted by Crippen LogP contribution is 2.48. The van der Waals surface area contributed by atoms with Crippen molar-refractivity contribution >= 4 is 117 Å². The van der Waals surface area contributed by atoms with Crippen molar-refractivity contribution in [2.24, 2.45) is 0 Å². The molecule has 0 aliphatic carbocycles. The van der Waals surface area contributed by atoms with Gasteiger partial charge < -0.3 is 4.42 Å². The standard InChI is InChI=1S/C43H27N3O.2C43H27N3S/c2*1-3-11-28(12-4-1)33-16-9-17-34(27-33)43-45-41(31-14-5-2-6-15-31)44-42(46-43)32-23-21-30(22-24-32)36-19-10-20-37-39(36)40-35-18-8-7-13-29(35)25-26-38(40)47-37;1-3-10-28(11-4-1)29-18-22-33(23-19-29)42-44-41(32-13-5-2-6-14-32)45-43(46-42)34-24-20-31(21-25-34)36-16-9-17-37-39(36)40-35-15-8-7-12-30(35)26-27-38(40)47-37/h3*1-27H. The molecule has 6 aromatic heterocycles. The Morgan fingerprint density at radius 1 is 0.135 bits per heavy atom. The molecule has 0 aliphatic heterocycles. The van der Waals surface area contributed by atoms with E-state index in [1.54, 1.807) is 0 Å². The Morgan fingerprint density at radius 3 is 0.716 bits per heavy atom. The molecule has 0 saturated carbocycles. The number of hydrogen-bond acceptors (Lipinski definition) is 12. The molecular weight excluding hydrogens is 1760 g/mol. The third-order valence-corrected chi connectivity index (χ3v) is 28.5. The van der Waals surface area contributed by atoms with Gasteiger partial charge in [-0.25, -0.2) is 44.9 Å². The summed E-state index contributed by atoms with van der Waals surface area (Å²) in [5.41, 5.74) is 24.2. The first-order chi connectivity index (χ1) is 69.8. The number of aromatic nitrogens is 9. The lowest BCUT2D eigenvalue weighted by Crippen LogP contribution is -2.00. The van der Waals surface area contributed by atoms with Gasteiger partial charge in [-0.2, -0.15) is 0 Å². The second kappa shape index (κ2) is 37.1. The van der Waals surface area contributed by atoms with Crippen LogP contribution < -0.4 is 0 Å². The highest BCUT2D eigenvalue weighted by atomic mass is 32.1. The van der Waals surface area contributed by atoms with Gasteiger partial charge in [0.25, 0.3) is 0 Å². The Kier molecular flexibility index (Phi) is 22.2. The lowest BCUT2D eigenvalue weighted by atomic mass is 9.96. The van der Waals surface area contributed by atoms with Crippen molar-refractivity contribution in [2.45, 2.75) is 0 Å². The van der Waals surface area contributed by atoms with Gasteiger partial charge in [-0.3, -0.25) is 0 Å². The summed E-state index contributed by atoms with van der Waals surface area (Å²) < 4.78 is 11.6. The zero-order valence-electron chi connectivity index (χ0n) is 76.0. The minimum absolute atomic E-state index is 0.628. The molecule has 660 valence electrons. The molecule has 0 saturated heterocycles. The van der Waals surface area contributed by atoms with E-state index in [0.29, 0.717) is 52.4 Å². The van der Waals surface area contributed by atoms with Crippen LogP contribution >= 0.6 is 22.7 Å². The smallest absolute Gasteiger partial charge is 0.164 e. The van der Waals surface area contributed by atoms with E-state index in [0.717, 1.165) is 111 Å². The average molecular weight is 1840 g/mol. The number of rotatable bonds is 15. The van der Waals surface area contributed by atoms with Crippen LogP contribution in [0.4, 0.5) is 0 Å². The van der Waals surface area contributed by atoms with E-state index >= 15 is 0 Å². The Labute approximate surface area is 821 Å². The van der Waals surface area contributed by atoms with E-state index in [1.807, 2.05) is 138 Å². The second-order valence-electron chi connectivity index (χ2n) is 34.9. The zero-order chi connectivity index (χ0) is 93.5. The molecular formula is C129H81N9OS2. The molecule has 0 spiro atoms. The Bertz CT molecular complexity index is 9010. The van der Waals surface area contributed by atoms with Crippen LogP contribution in [-0.4, -0.2) is 44.9 Å². The van der Waals surface area contributed by atoms with E-state index in [9.17, 15) is 0 Å². The van der Waals surface area contributed by atoms with Crippen molar-refractivity contribution in [3.63, 3.8) is 0 Å². The number of thiophene rings is 2. The molecule has 0 bridgehead atoms. The van der Waals surface area contributed by atoms with Crippen molar-refractivity contribution in [1.82, 2.24) is 44.9 Å². The Morgan fingerprint density at radius 2 is 0.362 bits per heavy atom. The van der Waals surface area contributed by atoms with Crippen LogP contribution in [0, 0.1) is 0 Å². The van der Waals surface area contributed by atoms with Gasteiger partial charge >= 0.3 is 0 Å². The third kappa shape index (κ3) is 16.6. The average Bonchev–Trinajstić information content (AvgIpc) is 1.62. The minimum Gasteiger partial charge on any atom is -0.456 e. The van der Waals surface area contributed by atoms with E-state index in [4.69, 9.17) is 49.3 Å². The number of nitrogens with zero attached hydrogens (tertiary/aromatic N) is 9. The SMILES string of the molecule is c1ccc(-c2ccc(-c3nc(-c4ccccc4)nc(-c4ccc(-c5cccc6sc7ccc8ccccc8c7c56)cc4)n3)cc2)cc1.c1ccc(-c2cccc(-c3nc(-c4ccccc4)nc(-c4ccc(-c5cccc6oc7ccc8ccccc8c7c56)cc4)n3)c2)cc1.c1ccc(-c2cccc(-c3nc(-c4ccccc4)nc(-c4ccc(-c5cccc6sc7ccc8ccccc8c7c56)cc4)n3)c2)cc1. The van der Waals surface area contributed by atoms with Gasteiger partial charge in [0, 0.05) is 101 Å². The summed E-state index contributed by atoms with van der Waals surface area (Å²) in [6.45, 7) is 0. The van der Waals surface area contributed by atoms with Crippen LogP contribution in [0.25, 0.3) is 264 Å². The topological polar surface area (TPSA) is 129 Å². The summed E-state index contributed by atoms with van der Waals surface area (Å²) in [5, 5.41) is 15.0. The summed E-state index contributed by atoms with van der Waals surface area (Å²) >= 11 is 3.71. The van der Waals surface area contributed by atoms with Gasteiger partial charge in [-0.1, -0.05) is 443 Å². The number of benzene rings is 21. The van der Waals surface area contributed by atoms with Crippen molar-refractivity contribution in [1.29, 1.82) is 0 Å². The van der Waals surface area contributed by atoms with Gasteiger partial charge in [0.05, 0.1) is 0 Å². The lowest BCUT2D eigenvalue weighted by molar-refractivity contribution is 0.669. The monoisotopic (exact) mass is 1840 g/mol. The fourth-order valence-electron chi connectivity index (χ4n) is 19.3. The predicted molar refractivity (Wildman–Crippen MR) is 587 cm³/mol. The molecule has 0 fully saturated rings. The highest BCUT2D eigenvalue weighted by molar-refractivity contribution is 7.26. The summed E-state index contributed by atoms with van der Waals surface area (Å²) in [4.78, 5) is 44.8. The molecule has 12 heteroatoms. The van der Waals surface area contributed by atoms with Gasteiger partial charge in [0.1, 0.15) is 11.2 Å². The second-order valence-corrected chi connectivity index (χ2v) is 37.1. The van der Waals surface area contributed by atoms with Crippen LogP contribution in [0.15, 0.2) is 496 Å². The van der Waals surface area contributed by atoms with E-state index in [1.165, 1.54) is 100 Å². The molecule has 10 nitrogen and oxygen atoms in total. The van der Waals surface area contributed by atoms with E-state index in [2.05, 4.69) is 376 Å². The fraction of sp³-hybridized carbons (Fsp3) is 0. The summed E-state index contributed by atoms with van der Waals surface area (Å²) in [7, 11) is 0. The molecule has 0 unspecified atom stereocenters. The Balaban J connectivity index is 0.000000111. The number of fused-ring (bicyclic) bond motifs is 15. The fourth-order valence-corrected chi connectivity index (χ4v) is 21.6. The van der Waals surface area contributed by atoms with E-state index in [-0.39, 0.29) is 0 Å². The maximum atomic E-state index is 6.34. The van der Waals surface area contributed by atoms with Gasteiger partial charge in [0.2, 0.25) is 0 Å². The van der Waals surface area contributed by atoms with Crippen LogP contribution in [0.2, 0.25) is 0 Å². The minimum atomic E-state index is 0.628. The first-order valence-corrected chi connectivity index (χ1v) is 48.7. The molecule has 0 N–H and O–H groups in total. The molecule has 6 heterocycles. The number of furan rings is 1. The lowest BCUT2D eigenvalue weighted by Gasteiger charge is -2.11. The molecule has 21 aromatic carbocycles. The van der Waals surface area contributed by atoms with Crippen molar-refractivity contribution in [3.8, 4) is 169 Å². The molecule has 0 aliphatic rings. The molecule has 141 heavy (non-hydrogen) atoms. The van der Waals surface area contributed by atoms with Crippen molar-refractivity contribution in [3.05, 3.63) is 491 Å². The predicted octanol–water partition coefficient (Wildman–Crippen LogP) is 34.7. The van der Waals surface area contributed by atoms with Crippen LogP contribution in [0.5, 0.6) is 0 Å². The maximum Gasteiger partial charge on any atom is 0.164 e. The highest BCUT2D eigenvalue weighted by Gasteiger charge is 2.23. The van der Waals surface area contributed by atoms with Crippen LogP contribution in [0.1, 0.15) is 0 Å². The van der Waals surface area contributed by atoms with Crippen LogP contribution in [-0.2, 0) is 0 Å². The van der Waals surface area contributed by atoms with Crippen LogP contribution in [0.3, 0.4) is 0 Å². The summed E-state index contributed by atoms with van der Waals surface area (Å²) in [5.74, 6) is 5.82. The summed E-state index contributed by atoms with van der Waals surface area (Å²) in [6, 6.07) is 171. The molecule has 0 atom stereocenters. The van der Waals surface area contributed by atoms with Crippen molar-refractivity contribution in [2.75, 3.05) is 0 Å². The molecule has 27 rings (SSSR count). The van der Waals surface area contributed by atoms with Gasteiger partial charge in [0.15, 0.2) is 52.4 Å². The van der Waals surface area contributed by atoms with E-state index < -0.39 is 0 Å². The first kappa shape index (κ1) is 84.4. The normalized spacial score (nSPS) is 11.4.